The van der Waals surface area contributed by atoms with E-state index in [0.29, 0.717) is 11.0 Å². The van der Waals surface area contributed by atoms with Crippen LogP contribution < -0.4 is 11.1 Å². The number of nitrogens with one attached hydrogen (secondary N) is 1. The maximum absolute atomic E-state index is 12.9. The topological polar surface area (TPSA) is 38.0 Å². The Hall–Kier alpha value is -0.450. The molecule has 0 aliphatic heterocycles. The molecule has 0 unspecified atom stereocenters. The van der Waals surface area contributed by atoms with Gasteiger partial charge in [-0.25, -0.2) is 4.39 Å². The smallest absolute Gasteiger partial charge is 0.137 e. The standard InChI is InChI=1S/C9H12BrFN2/c1-13-9(5-12)6-2-3-8(11)7(10)4-6/h2-4,9,13H,5,12H2,1H3/t9-/m1/s1. The van der Waals surface area contributed by atoms with Crippen LogP contribution in [0.3, 0.4) is 0 Å². The summed E-state index contributed by atoms with van der Waals surface area (Å²) in [7, 11) is 1.83. The van der Waals surface area contributed by atoms with Gasteiger partial charge in [0.25, 0.3) is 0 Å². The fourth-order valence-corrected chi connectivity index (χ4v) is 1.55. The van der Waals surface area contributed by atoms with Crippen molar-refractivity contribution < 1.29 is 4.39 Å². The summed E-state index contributed by atoms with van der Waals surface area (Å²) < 4.78 is 13.3. The van der Waals surface area contributed by atoms with Crippen LogP contribution in [-0.2, 0) is 0 Å². The van der Waals surface area contributed by atoms with Crippen molar-refractivity contribution in [2.24, 2.45) is 5.73 Å². The second kappa shape index (κ2) is 4.69. The Balaban J connectivity index is 2.95. The van der Waals surface area contributed by atoms with E-state index in [1.165, 1.54) is 6.07 Å². The van der Waals surface area contributed by atoms with E-state index in [0.717, 1.165) is 5.56 Å². The molecule has 0 amide bonds. The third-order valence-corrected chi connectivity index (χ3v) is 2.54. The van der Waals surface area contributed by atoms with Gasteiger partial charge in [0.1, 0.15) is 5.82 Å². The highest BCUT2D eigenvalue weighted by atomic mass is 79.9. The van der Waals surface area contributed by atoms with Crippen molar-refractivity contribution in [2.45, 2.75) is 6.04 Å². The monoisotopic (exact) mass is 246 g/mol. The first-order valence-corrected chi connectivity index (χ1v) is 4.80. The molecule has 2 nitrogen and oxygen atoms in total. The third kappa shape index (κ3) is 2.49. The van der Waals surface area contributed by atoms with Gasteiger partial charge < -0.3 is 11.1 Å². The van der Waals surface area contributed by atoms with Gasteiger partial charge >= 0.3 is 0 Å². The van der Waals surface area contributed by atoms with Gasteiger partial charge in [-0.3, -0.25) is 0 Å². The summed E-state index contributed by atoms with van der Waals surface area (Å²) in [4.78, 5) is 0. The van der Waals surface area contributed by atoms with Crippen LogP contribution in [0.25, 0.3) is 0 Å². The van der Waals surface area contributed by atoms with Crippen LogP contribution in [0.4, 0.5) is 4.39 Å². The SMILES string of the molecule is CN[C@H](CN)c1ccc(F)c(Br)c1. The normalized spacial score (nSPS) is 12.9. The van der Waals surface area contributed by atoms with E-state index < -0.39 is 0 Å². The van der Waals surface area contributed by atoms with Gasteiger partial charge in [-0.2, -0.15) is 0 Å². The molecule has 0 bridgehead atoms. The van der Waals surface area contributed by atoms with Gasteiger partial charge in [0.15, 0.2) is 0 Å². The minimum atomic E-state index is -0.254. The van der Waals surface area contributed by atoms with Crippen molar-refractivity contribution in [3.8, 4) is 0 Å². The van der Waals surface area contributed by atoms with Crippen molar-refractivity contribution >= 4 is 15.9 Å². The molecule has 0 spiro atoms. The highest BCUT2D eigenvalue weighted by Gasteiger charge is 2.08. The van der Waals surface area contributed by atoms with Crippen molar-refractivity contribution in [2.75, 3.05) is 13.6 Å². The zero-order valence-electron chi connectivity index (χ0n) is 7.35. The summed E-state index contributed by atoms with van der Waals surface area (Å²) in [5.74, 6) is -0.254. The summed E-state index contributed by atoms with van der Waals surface area (Å²) in [5.41, 5.74) is 6.52. The maximum Gasteiger partial charge on any atom is 0.137 e. The summed E-state index contributed by atoms with van der Waals surface area (Å²) >= 11 is 3.13. The molecule has 0 aliphatic carbocycles. The average molecular weight is 247 g/mol. The number of halogens is 2. The lowest BCUT2D eigenvalue weighted by Gasteiger charge is -2.14. The third-order valence-electron chi connectivity index (χ3n) is 1.93. The van der Waals surface area contributed by atoms with E-state index in [1.54, 1.807) is 12.1 Å². The molecular formula is C9H12BrFN2. The van der Waals surface area contributed by atoms with Crippen molar-refractivity contribution in [1.82, 2.24) is 5.32 Å². The highest BCUT2D eigenvalue weighted by molar-refractivity contribution is 9.10. The van der Waals surface area contributed by atoms with Crippen LogP contribution in [0, 0.1) is 5.82 Å². The molecule has 0 saturated carbocycles. The molecule has 0 saturated heterocycles. The predicted octanol–water partition coefficient (Wildman–Crippen LogP) is 1.81. The van der Waals surface area contributed by atoms with Crippen LogP contribution in [0.15, 0.2) is 22.7 Å². The van der Waals surface area contributed by atoms with Gasteiger partial charge in [-0.1, -0.05) is 6.07 Å². The van der Waals surface area contributed by atoms with Crippen molar-refractivity contribution in [3.05, 3.63) is 34.1 Å². The number of nitrogens with two attached hydrogens (primary N) is 1. The number of hydrogen-bond donors (Lipinski definition) is 2. The molecule has 1 aromatic carbocycles. The first-order chi connectivity index (χ1) is 6.19. The second-order valence-electron chi connectivity index (χ2n) is 2.75. The first kappa shape index (κ1) is 10.6. The zero-order valence-corrected chi connectivity index (χ0v) is 8.94. The van der Waals surface area contributed by atoms with E-state index in [9.17, 15) is 4.39 Å². The molecule has 0 aromatic heterocycles. The van der Waals surface area contributed by atoms with Gasteiger partial charge in [0, 0.05) is 12.6 Å². The van der Waals surface area contributed by atoms with Crippen LogP contribution in [-0.4, -0.2) is 13.6 Å². The molecule has 0 aliphatic rings. The lowest BCUT2D eigenvalue weighted by molar-refractivity contribution is 0.594. The quantitative estimate of drug-likeness (QED) is 0.854. The Kier molecular flexibility index (Phi) is 3.84. The molecule has 1 rings (SSSR count). The number of hydrogen-bond acceptors (Lipinski definition) is 2. The highest BCUT2D eigenvalue weighted by Crippen LogP contribution is 2.20. The van der Waals surface area contributed by atoms with Crippen LogP contribution in [0.1, 0.15) is 11.6 Å². The molecule has 1 aromatic rings. The van der Waals surface area contributed by atoms with E-state index in [-0.39, 0.29) is 11.9 Å². The molecule has 1 atom stereocenters. The fourth-order valence-electron chi connectivity index (χ4n) is 1.15. The van der Waals surface area contributed by atoms with E-state index in [2.05, 4.69) is 21.2 Å². The molecule has 3 N–H and O–H groups in total. The van der Waals surface area contributed by atoms with E-state index in [4.69, 9.17) is 5.73 Å². The summed E-state index contributed by atoms with van der Waals surface area (Å²) in [5, 5.41) is 3.05. The Bertz CT molecular complexity index is 287. The van der Waals surface area contributed by atoms with E-state index in [1.807, 2.05) is 7.05 Å². The first-order valence-electron chi connectivity index (χ1n) is 4.01. The molecular weight excluding hydrogens is 235 g/mol. The van der Waals surface area contributed by atoms with Crippen LogP contribution >= 0.6 is 15.9 Å². The minimum absolute atomic E-state index is 0.0805. The Morgan fingerprint density at radius 3 is 2.77 bits per heavy atom. The molecule has 0 fully saturated rings. The maximum atomic E-state index is 12.9. The van der Waals surface area contributed by atoms with Crippen molar-refractivity contribution in [1.29, 1.82) is 0 Å². The van der Waals surface area contributed by atoms with Gasteiger partial charge in [-0.15, -0.1) is 0 Å². The summed E-state index contributed by atoms with van der Waals surface area (Å²) in [6, 6.07) is 4.98. The second-order valence-corrected chi connectivity index (χ2v) is 3.60. The van der Waals surface area contributed by atoms with Crippen molar-refractivity contribution in [3.63, 3.8) is 0 Å². The van der Waals surface area contributed by atoms with Crippen LogP contribution in [0.2, 0.25) is 0 Å². The lowest BCUT2D eigenvalue weighted by atomic mass is 10.1. The zero-order chi connectivity index (χ0) is 9.84. The molecule has 4 heteroatoms. The Morgan fingerprint density at radius 2 is 2.31 bits per heavy atom. The Labute approximate surface area is 85.4 Å². The summed E-state index contributed by atoms with van der Waals surface area (Å²) in [6.07, 6.45) is 0. The minimum Gasteiger partial charge on any atom is -0.329 e. The van der Waals surface area contributed by atoms with Gasteiger partial charge in [0.2, 0.25) is 0 Å². The molecule has 72 valence electrons. The van der Waals surface area contributed by atoms with Gasteiger partial charge in [0.05, 0.1) is 4.47 Å². The number of likely N-dealkylation sites (N-methyl/N-ethyl adjacent to an activating group) is 1. The fraction of sp³-hybridized carbons (Fsp3) is 0.333. The Morgan fingerprint density at radius 1 is 1.62 bits per heavy atom. The molecule has 0 heterocycles. The number of rotatable bonds is 3. The molecule has 13 heavy (non-hydrogen) atoms. The predicted molar refractivity (Wildman–Crippen MR) is 55.0 cm³/mol. The van der Waals surface area contributed by atoms with E-state index >= 15 is 0 Å². The number of benzene rings is 1. The lowest BCUT2D eigenvalue weighted by Crippen LogP contribution is -2.24. The van der Waals surface area contributed by atoms with Gasteiger partial charge in [-0.05, 0) is 40.7 Å². The average Bonchev–Trinajstić information content (AvgIpc) is 2.13. The summed E-state index contributed by atoms with van der Waals surface area (Å²) in [6.45, 7) is 0.495. The van der Waals surface area contributed by atoms with Crippen LogP contribution in [0.5, 0.6) is 0 Å². The molecule has 0 radical (unpaired) electrons. The largest absolute Gasteiger partial charge is 0.329 e.